The molecule has 27 heavy (non-hydrogen) atoms. The predicted molar refractivity (Wildman–Crippen MR) is 86.9 cm³/mol. The number of carboxylic acids is 1. The van der Waals surface area contributed by atoms with Crippen LogP contribution >= 0.6 is 0 Å². The first kappa shape index (κ1) is 17.9. The van der Waals surface area contributed by atoms with Crippen molar-refractivity contribution in [2.45, 2.75) is 24.7 Å². The Morgan fingerprint density at radius 1 is 0.889 bits per heavy atom. The van der Waals surface area contributed by atoms with E-state index in [1.807, 2.05) is 0 Å². The summed E-state index contributed by atoms with van der Waals surface area (Å²) in [7, 11) is 0. The summed E-state index contributed by atoms with van der Waals surface area (Å²) in [6.07, 6.45) is 0.132. The number of carbonyl (C=O) groups excluding carboxylic acids is 2. The monoisotopic (exact) mass is 378 g/mol. The standard InChI is InChI=1S/C18H18O9/c19-16(20)15-13(17(21)26-7-11-5-24-11)2-9(1-10-4-23-10)3-14(15)18(22)27-8-12-6-25-12/h2-3,10-12H,1,4-8H2,(H,19,20). The van der Waals surface area contributed by atoms with Gasteiger partial charge in [0.25, 0.3) is 0 Å². The van der Waals surface area contributed by atoms with Gasteiger partial charge < -0.3 is 28.8 Å². The quantitative estimate of drug-likeness (QED) is 0.481. The first-order valence-electron chi connectivity index (χ1n) is 8.60. The van der Waals surface area contributed by atoms with Crippen molar-refractivity contribution in [2.24, 2.45) is 0 Å². The zero-order valence-corrected chi connectivity index (χ0v) is 14.3. The van der Waals surface area contributed by atoms with Crippen LogP contribution < -0.4 is 0 Å². The van der Waals surface area contributed by atoms with Crippen molar-refractivity contribution in [3.8, 4) is 0 Å². The van der Waals surface area contributed by atoms with Crippen molar-refractivity contribution in [3.63, 3.8) is 0 Å². The van der Waals surface area contributed by atoms with Crippen molar-refractivity contribution in [1.29, 1.82) is 0 Å². The Kier molecular flexibility index (Phi) is 4.81. The summed E-state index contributed by atoms with van der Waals surface area (Å²) in [4.78, 5) is 36.7. The van der Waals surface area contributed by atoms with Gasteiger partial charge in [-0.15, -0.1) is 0 Å². The van der Waals surface area contributed by atoms with Crippen LogP contribution in [0.3, 0.4) is 0 Å². The Morgan fingerprint density at radius 2 is 1.33 bits per heavy atom. The number of carbonyl (C=O) groups is 3. The second-order valence-electron chi connectivity index (χ2n) is 6.64. The molecule has 3 aliphatic rings. The Balaban J connectivity index is 1.64. The van der Waals surface area contributed by atoms with Gasteiger partial charge in [0.15, 0.2) is 0 Å². The Morgan fingerprint density at radius 3 is 1.70 bits per heavy atom. The topological polar surface area (TPSA) is 127 Å². The van der Waals surface area contributed by atoms with Crippen LogP contribution in [-0.2, 0) is 30.1 Å². The third-order valence-electron chi connectivity index (χ3n) is 4.32. The molecule has 0 aromatic heterocycles. The lowest BCUT2D eigenvalue weighted by Gasteiger charge is -2.13. The zero-order valence-electron chi connectivity index (χ0n) is 14.3. The number of esters is 2. The minimum atomic E-state index is -1.41. The molecule has 3 saturated heterocycles. The number of benzene rings is 1. The number of rotatable bonds is 9. The summed E-state index contributed by atoms with van der Waals surface area (Å²) in [6, 6.07) is 2.87. The number of carboxylic acid groups (broad SMARTS) is 1. The Bertz CT molecular complexity index is 726. The Hall–Kier alpha value is -2.49. The second kappa shape index (κ2) is 7.26. The molecule has 0 spiro atoms. The largest absolute Gasteiger partial charge is 0.478 e. The van der Waals surface area contributed by atoms with E-state index in [1.165, 1.54) is 12.1 Å². The van der Waals surface area contributed by atoms with E-state index < -0.39 is 23.5 Å². The summed E-state index contributed by atoms with van der Waals surface area (Å²) in [5.74, 6) is -3.05. The molecular weight excluding hydrogens is 360 g/mol. The van der Waals surface area contributed by atoms with Crippen molar-refractivity contribution in [3.05, 3.63) is 34.4 Å². The van der Waals surface area contributed by atoms with Crippen LogP contribution in [0.15, 0.2) is 12.1 Å². The molecule has 1 N–H and O–H groups in total. The summed E-state index contributed by atoms with van der Waals surface area (Å²) < 4.78 is 25.4. The van der Waals surface area contributed by atoms with Crippen LogP contribution in [0.5, 0.6) is 0 Å². The van der Waals surface area contributed by atoms with Gasteiger partial charge in [0.1, 0.15) is 25.4 Å². The van der Waals surface area contributed by atoms with Gasteiger partial charge in [0.2, 0.25) is 0 Å². The van der Waals surface area contributed by atoms with E-state index in [0.29, 0.717) is 31.8 Å². The highest BCUT2D eigenvalue weighted by Crippen LogP contribution is 2.25. The van der Waals surface area contributed by atoms with Crippen LogP contribution in [0.1, 0.15) is 36.6 Å². The Labute approximate surface area is 154 Å². The molecule has 1 aromatic carbocycles. The van der Waals surface area contributed by atoms with Crippen molar-refractivity contribution >= 4 is 17.9 Å². The molecule has 1 aromatic rings. The van der Waals surface area contributed by atoms with Gasteiger partial charge in [-0.3, -0.25) is 0 Å². The lowest BCUT2D eigenvalue weighted by atomic mass is 9.95. The molecule has 4 rings (SSSR count). The van der Waals surface area contributed by atoms with Crippen LogP contribution in [0.4, 0.5) is 0 Å². The molecule has 3 fully saturated rings. The lowest BCUT2D eigenvalue weighted by molar-refractivity contribution is 0.0456. The molecule has 0 amide bonds. The highest BCUT2D eigenvalue weighted by molar-refractivity contribution is 6.10. The number of epoxide rings is 3. The number of hydrogen-bond donors (Lipinski definition) is 1. The highest BCUT2D eigenvalue weighted by Gasteiger charge is 2.32. The fourth-order valence-electron chi connectivity index (χ4n) is 2.64. The second-order valence-corrected chi connectivity index (χ2v) is 6.64. The van der Waals surface area contributed by atoms with Gasteiger partial charge in [0.05, 0.1) is 42.6 Å². The predicted octanol–water partition coefficient (Wildman–Crippen LogP) is 0.437. The smallest absolute Gasteiger partial charge is 0.339 e. The molecule has 0 saturated carbocycles. The first-order valence-corrected chi connectivity index (χ1v) is 8.60. The summed E-state index contributed by atoms with van der Waals surface area (Å²) in [5.41, 5.74) is -0.197. The maximum absolute atomic E-state index is 12.5. The highest BCUT2D eigenvalue weighted by atomic mass is 16.6. The van der Waals surface area contributed by atoms with Gasteiger partial charge in [0, 0.05) is 6.42 Å². The molecule has 0 radical (unpaired) electrons. The molecule has 144 valence electrons. The van der Waals surface area contributed by atoms with Gasteiger partial charge in [-0.25, -0.2) is 14.4 Å². The third-order valence-corrected chi connectivity index (χ3v) is 4.32. The molecule has 3 unspecified atom stereocenters. The average molecular weight is 378 g/mol. The molecule has 3 atom stereocenters. The van der Waals surface area contributed by atoms with Crippen molar-refractivity contribution in [2.75, 3.05) is 33.0 Å². The number of hydrogen-bond acceptors (Lipinski definition) is 8. The lowest BCUT2D eigenvalue weighted by Crippen LogP contribution is -2.21. The summed E-state index contributed by atoms with van der Waals surface area (Å²) in [6.45, 7) is 1.65. The van der Waals surface area contributed by atoms with E-state index >= 15 is 0 Å². The number of ether oxygens (including phenoxy) is 5. The fraction of sp³-hybridized carbons (Fsp3) is 0.500. The fourth-order valence-corrected chi connectivity index (χ4v) is 2.64. The molecule has 9 heteroatoms. The van der Waals surface area contributed by atoms with E-state index in [1.54, 1.807) is 0 Å². The summed E-state index contributed by atoms with van der Waals surface area (Å²) in [5, 5.41) is 9.62. The minimum absolute atomic E-state index is 0.00635. The maximum atomic E-state index is 12.5. The minimum Gasteiger partial charge on any atom is -0.478 e. The molecule has 3 heterocycles. The zero-order chi connectivity index (χ0) is 19.0. The maximum Gasteiger partial charge on any atom is 0.339 e. The molecule has 0 bridgehead atoms. The first-order chi connectivity index (χ1) is 13.0. The molecule has 3 aliphatic heterocycles. The molecule has 9 nitrogen and oxygen atoms in total. The van der Waals surface area contributed by atoms with Gasteiger partial charge in [-0.05, 0) is 17.7 Å². The van der Waals surface area contributed by atoms with Crippen molar-refractivity contribution < 1.29 is 43.2 Å². The summed E-state index contributed by atoms with van der Waals surface area (Å²) >= 11 is 0. The van der Waals surface area contributed by atoms with Crippen molar-refractivity contribution in [1.82, 2.24) is 0 Å². The van der Waals surface area contributed by atoms with E-state index in [0.717, 1.165) is 0 Å². The van der Waals surface area contributed by atoms with E-state index in [9.17, 15) is 19.5 Å². The normalized spacial score (nSPS) is 24.8. The van der Waals surface area contributed by atoms with Gasteiger partial charge >= 0.3 is 17.9 Å². The molecule has 0 aliphatic carbocycles. The number of aromatic carboxylic acids is 1. The van der Waals surface area contributed by atoms with Gasteiger partial charge in [-0.1, -0.05) is 0 Å². The van der Waals surface area contributed by atoms with E-state index in [-0.39, 0.29) is 42.7 Å². The van der Waals surface area contributed by atoms with Crippen LogP contribution in [-0.4, -0.2) is 74.4 Å². The van der Waals surface area contributed by atoms with Crippen LogP contribution in [0, 0.1) is 0 Å². The average Bonchev–Trinajstić information content (AvgIpc) is 3.48. The SMILES string of the molecule is O=C(OCC1CO1)c1cc(CC2CO2)cc(C(=O)OCC2CO2)c1C(=O)O. The third kappa shape index (κ3) is 4.62. The molecular formula is C18H18O9. The van der Waals surface area contributed by atoms with Gasteiger partial charge in [-0.2, -0.15) is 0 Å². The van der Waals surface area contributed by atoms with E-state index in [4.69, 9.17) is 23.7 Å². The van der Waals surface area contributed by atoms with Crippen LogP contribution in [0.2, 0.25) is 0 Å². The van der Waals surface area contributed by atoms with E-state index in [2.05, 4.69) is 0 Å². The van der Waals surface area contributed by atoms with Crippen LogP contribution in [0.25, 0.3) is 0 Å².